The lowest BCUT2D eigenvalue weighted by Crippen LogP contribution is -2.48. The first-order valence-corrected chi connectivity index (χ1v) is 10.4. The molecule has 0 bridgehead atoms. The van der Waals surface area contributed by atoms with Crippen molar-refractivity contribution < 1.29 is 19.1 Å². The van der Waals surface area contributed by atoms with Gasteiger partial charge in [0.25, 0.3) is 0 Å². The Morgan fingerprint density at radius 3 is 2.05 bits per heavy atom. The van der Waals surface area contributed by atoms with Crippen molar-refractivity contribution in [2.45, 2.75) is 84.4 Å². The molecule has 0 aromatic heterocycles. The first-order chi connectivity index (χ1) is 9.16. The van der Waals surface area contributed by atoms with Crippen LogP contribution in [-0.4, -0.2) is 43.9 Å². The number of alkyl carbamates (subject to hydrolysis) is 1. The van der Waals surface area contributed by atoms with E-state index in [1.165, 1.54) is 0 Å². The van der Waals surface area contributed by atoms with E-state index in [0.29, 0.717) is 0 Å². The fraction of sp³-hybridized carbons (Fsp3) is 0.933. The van der Waals surface area contributed by atoms with Gasteiger partial charge in [-0.1, -0.05) is 20.8 Å². The molecule has 2 N–H and O–H groups in total. The van der Waals surface area contributed by atoms with E-state index in [0.717, 1.165) is 0 Å². The Kier molecular flexibility index (Phi) is 6.91. The molecule has 0 aromatic rings. The molecule has 0 radical (unpaired) electrons. The van der Waals surface area contributed by atoms with Gasteiger partial charge in [0.1, 0.15) is 5.60 Å². The Balaban J connectivity index is 4.35. The molecule has 126 valence electrons. The summed E-state index contributed by atoms with van der Waals surface area (Å²) in [6.07, 6.45) is -1.62. The zero-order valence-corrected chi connectivity index (χ0v) is 16.0. The smallest absolute Gasteiger partial charge is 0.407 e. The number of aliphatic hydroxyl groups excluding tert-OH is 1. The van der Waals surface area contributed by atoms with Crippen LogP contribution in [0, 0.1) is 0 Å². The molecule has 0 aliphatic rings. The summed E-state index contributed by atoms with van der Waals surface area (Å²) in [6.45, 7) is 18.1. The minimum atomic E-state index is -1.93. The number of carbonyl (C=O) groups excluding carboxylic acids is 1. The predicted molar refractivity (Wildman–Crippen MR) is 88.0 cm³/mol. The molecule has 0 heterocycles. The minimum Gasteiger partial charge on any atom is -0.444 e. The van der Waals surface area contributed by atoms with E-state index >= 15 is 0 Å². The van der Waals surface area contributed by atoms with Gasteiger partial charge in [-0.15, -0.1) is 0 Å². The van der Waals surface area contributed by atoms with Gasteiger partial charge in [0.2, 0.25) is 0 Å². The second kappa shape index (κ2) is 7.11. The van der Waals surface area contributed by atoms with Crippen LogP contribution in [0.1, 0.15) is 48.5 Å². The van der Waals surface area contributed by atoms with Gasteiger partial charge in [-0.3, -0.25) is 0 Å². The average molecular weight is 320 g/mol. The van der Waals surface area contributed by atoms with E-state index < -0.39 is 26.1 Å². The van der Waals surface area contributed by atoms with Crippen LogP contribution in [0.5, 0.6) is 0 Å². The number of nitrogens with one attached hydrogen (secondary N) is 1. The topological polar surface area (TPSA) is 67.8 Å². The molecular weight excluding hydrogens is 286 g/mol. The molecule has 0 aliphatic heterocycles. The monoisotopic (exact) mass is 319 g/mol. The van der Waals surface area contributed by atoms with Crippen LogP contribution in [0.15, 0.2) is 0 Å². The van der Waals surface area contributed by atoms with Crippen LogP contribution >= 0.6 is 0 Å². The van der Waals surface area contributed by atoms with Gasteiger partial charge in [-0.25, -0.2) is 4.79 Å². The molecular formula is C15H33NO4Si. The van der Waals surface area contributed by atoms with Crippen molar-refractivity contribution in [3.63, 3.8) is 0 Å². The Hall–Kier alpha value is -0.593. The summed E-state index contributed by atoms with van der Waals surface area (Å²) >= 11 is 0. The summed E-state index contributed by atoms with van der Waals surface area (Å²) in [7, 11) is -1.93. The van der Waals surface area contributed by atoms with Crippen LogP contribution in [0.3, 0.4) is 0 Å². The van der Waals surface area contributed by atoms with Crippen LogP contribution in [0.2, 0.25) is 18.1 Å². The molecule has 0 fully saturated rings. The lowest BCUT2D eigenvalue weighted by molar-refractivity contribution is 0.0275. The third-order valence-corrected chi connectivity index (χ3v) is 8.26. The van der Waals surface area contributed by atoms with Crippen molar-refractivity contribution in [2.75, 3.05) is 6.54 Å². The highest BCUT2D eigenvalue weighted by atomic mass is 28.4. The van der Waals surface area contributed by atoms with E-state index in [9.17, 15) is 9.90 Å². The molecule has 6 heteroatoms. The van der Waals surface area contributed by atoms with Crippen LogP contribution in [-0.2, 0) is 9.16 Å². The standard InChI is InChI=1S/C15H33NO4Si/c1-11(20-21(8,9)15(5,6)7)12(17)10-16-13(18)19-14(2,3)4/h11-12,17H,10H2,1-9H3,(H,16,18). The maximum absolute atomic E-state index is 11.6. The fourth-order valence-electron chi connectivity index (χ4n) is 1.39. The Bertz CT molecular complexity index is 345. The molecule has 21 heavy (non-hydrogen) atoms. The highest BCUT2D eigenvalue weighted by molar-refractivity contribution is 6.74. The zero-order chi connectivity index (χ0) is 17.1. The van der Waals surface area contributed by atoms with Crippen LogP contribution < -0.4 is 5.32 Å². The van der Waals surface area contributed by atoms with Gasteiger partial charge >= 0.3 is 6.09 Å². The van der Waals surface area contributed by atoms with Crippen molar-refractivity contribution in [1.29, 1.82) is 0 Å². The highest BCUT2D eigenvalue weighted by Crippen LogP contribution is 2.37. The number of hydrogen-bond donors (Lipinski definition) is 2. The number of aliphatic hydroxyl groups is 1. The third-order valence-electron chi connectivity index (χ3n) is 3.68. The van der Waals surface area contributed by atoms with Crippen molar-refractivity contribution >= 4 is 14.4 Å². The van der Waals surface area contributed by atoms with Crippen LogP contribution in [0.4, 0.5) is 4.79 Å². The van der Waals surface area contributed by atoms with Crippen LogP contribution in [0.25, 0.3) is 0 Å². The van der Waals surface area contributed by atoms with Gasteiger partial charge in [0.15, 0.2) is 8.32 Å². The molecule has 1 amide bonds. The van der Waals surface area contributed by atoms with Crippen molar-refractivity contribution in [3.05, 3.63) is 0 Å². The SMILES string of the molecule is CC(O[Si](C)(C)C(C)(C)C)C(O)CNC(=O)OC(C)(C)C. The highest BCUT2D eigenvalue weighted by Gasteiger charge is 2.39. The van der Waals surface area contributed by atoms with Crippen molar-refractivity contribution in [1.82, 2.24) is 5.32 Å². The van der Waals surface area contributed by atoms with E-state index in [-0.39, 0.29) is 17.7 Å². The average Bonchev–Trinajstić information content (AvgIpc) is 2.21. The molecule has 5 nitrogen and oxygen atoms in total. The molecule has 0 saturated heterocycles. The normalized spacial score (nSPS) is 16.3. The predicted octanol–water partition coefficient (Wildman–Crippen LogP) is 3.28. The molecule has 2 unspecified atom stereocenters. The second-order valence-electron chi connectivity index (χ2n) is 8.03. The Morgan fingerprint density at radius 2 is 1.67 bits per heavy atom. The van der Waals surface area contributed by atoms with Gasteiger partial charge in [-0.2, -0.15) is 0 Å². The van der Waals surface area contributed by atoms with Gasteiger partial charge in [0, 0.05) is 6.54 Å². The van der Waals surface area contributed by atoms with E-state index in [1.807, 2.05) is 6.92 Å². The summed E-state index contributed by atoms with van der Waals surface area (Å²) in [5, 5.41) is 12.8. The number of ether oxygens (including phenoxy) is 1. The maximum atomic E-state index is 11.6. The molecule has 2 atom stereocenters. The van der Waals surface area contributed by atoms with Gasteiger partial charge in [-0.05, 0) is 45.8 Å². The Labute approximate surface area is 130 Å². The molecule has 0 aliphatic carbocycles. The summed E-state index contributed by atoms with van der Waals surface area (Å²) in [4.78, 5) is 11.6. The molecule has 0 rings (SSSR count). The number of carbonyl (C=O) groups is 1. The van der Waals surface area contributed by atoms with Gasteiger partial charge < -0.3 is 19.6 Å². The first-order valence-electron chi connectivity index (χ1n) is 7.48. The summed E-state index contributed by atoms with van der Waals surface area (Å²) in [5.41, 5.74) is -0.543. The maximum Gasteiger partial charge on any atom is 0.407 e. The summed E-state index contributed by atoms with van der Waals surface area (Å²) < 4.78 is 11.2. The number of hydrogen-bond acceptors (Lipinski definition) is 4. The first kappa shape index (κ1) is 20.4. The molecule has 0 spiro atoms. The van der Waals surface area contributed by atoms with E-state index in [2.05, 4.69) is 39.2 Å². The summed E-state index contributed by atoms with van der Waals surface area (Å²) in [5.74, 6) is 0. The van der Waals surface area contributed by atoms with Crippen molar-refractivity contribution in [3.8, 4) is 0 Å². The van der Waals surface area contributed by atoms with E-state index in [1.54, 1.807) is 20.8 Å². The van der Waals surface area contributed by atoms with E-state index in [4.69, 9.17) is 9.16 Å². The second-order valence-corrected chi connectivity index (χ2v) is 12.8. The van der Waals surface area contributed by atoms with Gasteiger partial charge in [0.05, 0.1) is 12.2 Å². The fourth-order valence-corrected chi connectivity index (χ4v) is 2.83. The van der Waals surface area contributed by atoms with Crippen molar-refractivity contribution in [2.24, 2.45) is 0 Å². The third kappa shape index (κ3) is 7.83. The number of rotatable bonds is 5. The number of amides is 1. The summed E-state index contributed by atoms with van der Waals surface area (Å²) in [6, 6.07) is 0. The largest absolute Gasteiger partial charge is 0.444 e. The Morgan fingerprint density at radius 1 is 1.19 bits per heavy atom. The zero-order valence-electron chi connectivity index (χ0n) is 15.0. The quantitative estimate of drug-likeness (QED) is 0.763. The molecule has 0 saturated carbocycles. The minimum absolute atomic E-state index is 0.0829. The lowest BCUT2D eigenvalue weighted by atomic mass is 10.2. The molecule has 0 aromatic carbocycles. The lowest BCUT2D eigenvalue weighted by Gasteiger charge is -2.39.